The number of aromatic hydroxyl groups is 1. The quantitative estimate of drug-likeness (QED) is 0.0832. The second-order valence-corrected chi connectivity index (χ2v) is 14.2. The third-order valence-corrected chi connectivity index (χ3v) is 10.1. The number of hydrogen-bond acceptors (Lipinski definition) is 8. The van der Waals surface area contributed by atoms with Gasteiger partial charge >= 0.3 is 27.6 Å². The molecule has 0 amide bonds. The molecule has 0 fully saturated rings. The highest BCUT2D eigenvalue weighted by Gasteiger charge is 2.49. The number of ether oxygens (including phenoxy) is 2. The Morgan fingerprint density at radius 3 is 1.47 bits per heavy atom. The summed E-state index contributed by atoms with van der Waals surface area (Å²) in [5, 5.41) is 13.0. The fourth-order valence-electron chi connectivity index (χ4n) is 6.06. The van der Waals surface area contributed by atoms with E-state index in [1.807, 2.05) is 49.4 Å². The number of rotatable bonds is 10. The van der Waals surface area contributed by atoms with E-state index < -0.39 is 38.9 Å². The molecule has 0 aliphatic rings. The minimum atomic E-state index is -5.97. The zero-order chi connectivity index (χ0) is 39.9. The van der Waals surface area contributed by atoms with Crippen LogP contribution in [0, 0.1) is 0 Å². The van der Waals surface area contributed by atoms with Crippen LogP contribution in [0.2, 0.25) is 0 Å². The van der Waals surface area contributed by atoms with Crippen LogP contribution in [0.5, 0.6) is 11.5 Å². The molecule has 6 aromatic rings. The van der Waals surface area contributed by atoms with Crippen molar-refractivity contribution in [2.24, 2.45) is 0 Å². The molecule has 0 aliphatic carbocycles. The van der Waals surface area contributed by atoms with Crippen molar-refractivity contribution in [3.05, 3.63) is 154 Å². The molecule has 8 nitrogen and oxygen atoms in total. The molecule has 0 spiro atoms. The lowest BCUT2D eigenvalue weighted by atomic mass is 9.96. The summed E-state index contributed by atoms with van der Waals surface area (Å²) in [6, 6.07) is 33.3. The highest BCUT2D eigenvalue weighted by Crippen LogP contribution is 2.34. The molecule has 0 bridgehead atoms. The van der Waals surface area contributed by atoms with Gasteiger partial charge in [0.15, 0.2) is 5.75 Å². The van der Waals surface area contributed by atoms with Crippen molar-refractivity contribution in [2.75, 3.05) is 14.2 Å². The lowest BCUT2D eigenvalue weighted by molar-refractivity contribution is -0.0500. The van der Waals surface area contributed by atoms with Crippen molar-refractivity contribution < 1.29 is 49.9 Å². The van der Waals surface area contributed by atoms with Gasteiger partial charge in [-0.25, -0.2) is 9.59 Å². The normalized spacial score (nSPS) is 11.5. The zero-order valence-corrected chi connectivity index (χ0v) is 31.4. The second kappa shape index (κ2) is 17.1. The van der Waals surface area contributed by atoms with Gasteiger partial charge in [-0.2, -0.15) is 21.6 Å². The van der Waals surface area contributed by atoms with Gasteiger partial charge in [0.2, 0.25) is 0 Å². The number of carbonyl (C=O) groups is 2. The first-order valence-corrected chi connectivity index (χ1v) is 18.7. The fraction of sp³-hybridized carbons (Fsp3) is 0.209. The topological polar surface area (TPSA) is 116 Å². The van der Waals surface area contributed by atoms with Crippen LogP contribution in [0.4, 0.5) is 13.2 Å². The number of aryl methyl sites for hydroxylation is 2. The van der Waals surface area contributed by atoms with Gasteiger partial charge in [-0.05, 0) is 105 Å². The first kappa shape index (κ1) is 40.3. The van der Waals surface area contributed by atoms with Crippen LogP contribution in [0.1, 0.15) is 67.9 Å². The van der Waals surface area contributed by atoms with E-state index in [0.29, 0.717) is 17.2 Å². The van der Waals surface area contributed by atoms with Gasteiger partial charge in [-0.3, -0.25) is 0 Å². The van der Waals surface area contributed by atoms with Crippen LogP contribution in [0.3, 0.4) is 0 Å². The Morgan fingerprint density at radius 1 is 0.618 bits per heavy atom. The number of fused-ring (bicyclic) bond motifs is 2. The van der Waals surface area contributed by atoms with E-state index in [0.717, 1.165) is 65.5 Å². The number of methoxy groups -OCH3 is 2. The molecule has 0 saturated heterocycles. The summed E-state index contributed by atoms with van der Waals surface area (Å²) in [6.45, 7) is 4.18. The number of phenolic OH excluding ortho intramolecular Hbond substituents is 1. The van der Waals surface area contributed by atoms with E-state index >= 15 is 0 Å². The van der Waals surface area contributed by atoms with Crippen LogP contribution in [0.25, 0.3) is 21.5 Å². The van der Waals surface area contributed by atoms with E-state index in [4.69, 9.17) is 4.74 Å². The predicted molar refractivity (Wildman–Crippen MR) is 205 cm³/mol. The number of esters is 2. The maximum absolute atomic E-state index is 12.8. The van der Waals surface area contributed by atoms with Crippen molar-refractivity contribution in [1.82, 2.24) is 0 Å². The van der Waals surface area contributed by atoms with Gasteiger partial charge in [0.05, 0.1) is 14.2 Å². The molecule has 0 aromatic heterocycles. The standard InChI is InChI=1S/C22H19F3O5S.C21H20O3/c1-3-14-7-9-15(10-8-14)11-16-5-4-6-17-12-19(21(26)29-2)20(13-18(16)17)30-31(27,28)22(23,24)25;1-3-14-7-9-15(10-8-14)11-16-5-4-6-17-12-19(21(23)24-2)20(22)13-18(16)17/h4-10,12-13H,3,11H2,1-2H3;4-10,12-13,22H,3,11H2,1-2H3. The van der Waals surface area contributed by atoms with E-state index in [-0.39, 0.29) is 11.3 Å². The zero-order valence-electron chi connectivity index (χ0n) is 30.6. The number of benzene rings is 6. The molecule has 6 rings (SSSR count). The first-order valence-electron chi connectivity index (χ1n) is 17.3. The molecule has 6 aromatic carbocycles. The molecule has 0 heterocycles. The molecule has 12 heteroatoms. The summed E-state index contributed by atoms with van der Waals surface area (Å²) in [5.74, 6) is -2.35. The Bertz CT molecular complexity index is 2440. The van der Waals surface area contributed by atoms with E-state index in [1.54, 1.807) is 30.3 Å². The van der Waals surface area contributed by atoms with Gasteiger partial charge < -0.3 is 18.8 Å². The van der Waals surface area contributed by atoms with Crippen molar-refractivity contribution >= 4 is 43.6 Å². The molecule has 0 saturated carbocycles. The average molecular weight is 773 g/mol. The SMILES string of the molecule is CCc1ccc(Cc2cccc3cc(C(=O)OC)c(O)cc23)cc1.CCc1ccc(Cc2cccc3cc(C(=O)OC)c(OS(=O)(=O)C(F)(F)F)cc23)cc1. The Morgan fingerprint density at radius 2 is 1.04 bits per heavy atom. The van der Waals surface area contributed by atoms with Crippen molar-refractivity contribution in [3.8, 4) is 11.5 Å². The Labute approximate surface area is 317 Å². The largest absolute Gasteiger partial charge is 0.534 e. The summed E-state index contributed by atoms with van der Waals surface area (Å²) in [5.41, 5.74) is 0.631. The highest BCUT2D eigenvalue weighted by atomic mass is 32.2. The molecule has 0 atom stereocenters. The molecule has 286 valence electrons. The van der Waals surface area contributed by atoms with Gasteiger partial charge in [0.1, 0.15) is 16.9 Å². The predicted octanol–water partition coefficient (Wildman–Crippen LogP) is 9.49. The maximum Gasteiger partial charge on any atom is 0.534 e. The second-order valence-electron chi connectivity index (χ2n) is 12.7. The minimum absolute atomic E-state index is 0.0527. The lowest BCUT2D eigenvalue weighted by Crippen LogP contribution is -2.28. The number of carbonyl (C=O) groups excluding carboxylic acids is 2. The van der Waals surface area contributed by atoms with Crippen LogP contribution in [-0.2, 0) is 45.3 Å². The maximum atomic E-state index is 12.8. The van der Waals surface area contributed by atoms with Gasteiger partial charge in [-0.1, -0.05) is 98.8 Å². The van der Waals surface area contributed by atoms with Crippen LogP contribution < -0.4 is 4.18 Å². The smallest absolute Gasteiger partial charge is 0.507 e. The molecule has 55 heavy (non-hydrogen) atoms. The van der Waals surface area contributed by atoms with Crippen molar-refractivity contribution in [3.63, 3.8) is 0 Å². The van der Waals surface area contributed by atoms with E-state index in [2.05, 4.69) is 40.1 Å². The molecular formula is C43H39F3O8S. The fourth-order valence-corrected chi connectivity index (χ4v) is 6.53. The number of phenols is 1. The molecule has 1 N–H and O–H groups in total. The summed E-state index contributed by atoms with van der Waals surface area (Å²) >= 11 is 0. The Kier molecular flexibility index (Phi) is 12.5. The third-order valence-electron chi connectivity index (χ3n) is 9.10. The van der Waals surface area contributed by atoms with Gasteiger partial charge in [0.25, 0.3) is 0 Å². The monoisotopic (exact) mass is 772 g/mol. The molecule has 0 unspecified atom stereocenters. The molecule has 0 radical (unpaired) electrons. The number of hydrogen-bond donors (Lipinski definition) is 1. The molecular weight excluding hydrogens is 734 g/mol. The Hall–Kier alpha value is -5.88. The number of halogens is 3. The highest BCUT2D eigenvalue weighted by molar-refractivity contribution is 7.88. The van der Waals surface area contributed by atoms with Crippen molar-refractivity contribution in [2.45, 2.75) is 45.0 Å². The van der Waals surface area contributed by atoms with Gasteiger partial charge in [-0.15, -0.1) is 0 Å². The molecule has 0 aliphatic heterocycles. The third kappa shape index (κ3) is 9.44. The van der Waals surface area contributed by atoms with E-state index in [1.165, 1.54) is 24.3 Å². The van der Waals surface area contributed by atoms with Gasteiger partial charge in [0, 0.05) is 0 Å². The van der Waals surface area contributed by atoms with Crippen LogP contribution in [0.15, 0.2) is 109 Å². The summed E-state index contributed by atoms with van der Waals surface area (Å²) in [7, 11) is -3.63. The van der Waals surface area contributed by atoms with E-state index in [9.17, 15) is 36.3 Å². The first-order chi connectivity index (χ1) is 26.2. The Balaban J connectivity index is 0.000000218. The van der Waals surface area contributed by atoms with Crippen LogP contribution >= 0.6 is 0 Å². The lowest BCUT2D eigenvalue weighted by Gasteiger charge is -2.15. The van der Waals surface area contributed by atoms with Crippen molar-refractivity contribution in [1.29, 1.82) is 0 Å². The summed E-state index contributed by atoms with van der Waals surface area (Å²) in [6.07, 6.45) is 3.14. The minimum Gasteiger partial charge on any atom is -0.507 e. The average Bonchev–Trinajstić information content (AvgIpc) is 3.17. The number of alkyl halides is 3. The van der Waals surface area contributed by atoms with Crippen LogP contribution in [-0.4, -0.2) is 45.2 Å². The summed E-state index contributed by atoms with van der Waals surface area (Å²) < 4.78 is 75.3. The summed E-state index contributed by atoms with van der Waals surface area (Å²) in [4.78, 5) is 23.8.